The number of aliphatic carboxylic acids is 1. The van der Waals surface area contributed by atoms with Crippen LogP contribution < -0.4 is 10.1 Å². The molecule has 0 fully saturated rings. The number of rotatable bonds is 8. The smallest absolute Gasteiger partial charge is 0.304 e. The van der Waals surface area contributed by atoms with E-state index >= 15 is 0 Å². The molecule has 0 unspecified atom stereocenters. The number of carbonyl (C=O) groups is 2. The lowest BCUT2D eigenvalue weighted by molar-refractivity contribution is -0.138. The second-order valence-electron chi connectivity index (χ2n) is 9.00. The molecular formula is C29H27BrN2O4. The molecular weight excluding hydrogens is 520 g/mol. The fraction of sp³-hybridized carbons (Fsp3) is 0.207. The largest absolute Gasteiger partial charge is 0.496 e. The molecule has 0 aliphatic rings. The topological polar surface area (TPSA) is 88.5 Å². The highest BCUT2D eigenvalue weighted by atomic mass is 79.9. The van der Waals surface area contributed by atoms with Crippen molar-refractivity contribution in [2.45, 2.75) is 25.7 Å². The third-order valence-electron chi connectivity index (χ3n) is 6.40. The normalized spacial score (nSPS) is 12.7. The first-order valence-electron chi connectivity index (χ1n) is 11.5. The molecule has 0 aliphatic carbocycles. The van der Waals surface area contributed by atoms with Crippen molar-refractivity contribution in [3.63, 3.8) is 0 Å². The number of hydrogen-bond donors (Lipinski definition) is 2. The maximum absolute atomic E-state index is 13.8. The molecule has 3 aromatic carbocycles. The number of hydrogen-bond acceptors (Lipinski definition) is 4. The number of carboxylic acid groups (broad SMARTS) is 1. The van der Waals surface area contributed by atoms with Crippen LogP contribution in [0.25, 0.3) is 22.2 Å². The van der Waals surface area contributed by atoms with Gasteiger partial charge in [-0.3, -0.25) is 9.59 Å². The lowest BCUT2D eigenvalue weighted by Gasteiger charge is -2.30. The van der Waals surface area contributed by atoms with Crippen LogP contribution in [0.1, 0.15) is 34.8 Å². The first-order chi connectivity index (χ1) is 17.2. The number of carboxylic acids is 1. The zero-order chi connectivity index (χ0) is 25.9. The lowest BCUT2D eigenvalue weighted by atomic mass is 9.78. The molecule has 1 aromatic heterocycles. The van der Waals surface area contributed by atoms with E-state index in [1.807, 2.05) is 80.6 Å². The number of halogens is 1. The van der Waals surface area contributed by atoms with E-state index in [9.17, 15) is 14.7 Å². The number of pyridine rings is 1. The fourth-order valence-electron chi connectivity index (χ4n) is 4.59. The van der Waals surface area contributed by atoms with Crippen LogP contribution in [-0.2, 0) is 10.2 Å². The van der Waals surface area contributed by atoms with Gasteiger partial charge in [-0.05, 0) is 36.8 Å². The molecule has 184 valence electrons. The number of amides is 1. The quantitative estimate of drug-likeness (QED) is 0.277. The number of benzene rings is 3. The maximum atomic E-state index is 13.8. The summed E-state index contributed by atoms with van der Waals surface area (Å²) in [5, 5.41) is 13.4. The molecule has 1 amide bonds. The van der Waals surface area contributed by atoms with E-state index in [4.69, 9.17) is 9.72 Å². The molecule has 0 spiro atoms. The summed E-state index contributed by atoms with van der Waals surface area (Å²) in [6.45, 7) is 3.82. The molecule has 1 atom stereocenters. The lowest BCUT2D eigenvalue weighted by Crippen LogP contribution is -2.40. The van der Waals surface area contributed by atoms with Crippen LogP contribution in [0.5, 0.6) is 5.75 Å². The van der Waals surface area contributed by atoms with Crippen molar-refractivity contribution < 1.29 is 19.4 Å². The minimum atomic E-state index is -0.960. The SMILES string of the molecule is COc1ccccc1[C@](C)(CNC(=O)c1c(C)c(-c2ccccc2)nc2ccc(Br)cc12)CC(=O)O. The van der Waals surface area contributed by atoms with Crippen LogP contribution in [0.2, 0.25) is 0 Å². The first kappa shape index (κ1) is 25.4. The summed E-state index contributed by atoms with van der Waals surface area (Å²) in [7, 11) is 1.55. The zero-order valence-corrected chi connectivity index (χ0v) is 21.9. The van der Waals surface area contributed by atoms with Gasteiger partial charge in [0.25, 0.3) is 5.91 Å². The second kappa shape index (κ2) is 10.5. The van der Waals surface area contributed by atoms with Crippen LogP contribution >= 0.6 is 15.9 Å². The Morgan fingerprint density at radius 1 is 1.06 bits per heavy atom. The Kier molecular flexibility index (Phi) is 7.40. The highest BCUT2D eigenvalue weighted by Crippen LogP contribution is 2.35. The van der Waals surface area contributed by atoms with Gasteiger partial charge in [0.15, 0.2) is 0 Å². The third kappa shape index (κ3) is 5.11. The van der Waals surface area contributed by atoms with Crippen molar-refractivity contribution in [1.82, 2.24) is 10.3 Å². The molecule has 4 aromatic rings. The zero-order valence-electron chi connectivity index (χ0n) is 20.3. The van der Waals surface area contributed by atoms with Crippen molar-refractivity contribution in [1.29, 1.82) is 0 Å². The molecule has 6 nitrogen and oxygen atoms in total. The number of methoxy groups -OCH3 is 1. The minimum absolute atomic E-state index is 0.108. The van der Waals surface area contributed by atoms with Gasteiger partial charge in [-0.25, -0.2) is 4.98 Å². The van der Waals surface area contributed by atoms with Crippen LogP contribution in [0.15, 0.2) is 77.3 Å². The van der Waals surface area contributed by atoms with Gasteiger partial charge in [-0.1, -0.05) is 71.4 Å². The highest BCUT2D eigenvalue weighted by molar-refractivity contribution is 9.10. The number of nitrogens with one attached hydrogen (secondary N) is 1. The van der Waals surface area contributed by atoms with Crippen LogP contribution in [0.3, 0.4) is 0 Å². The average molecular weight is 547 g/mol. The third-order valence-corrected chi connectivity index (χ3v) is 6.90. The van der Waals surface area contributed by atoms with Crippen molar-refractivity contribution in [2.24, 2.45) is 0 Å². The second-order valence-corrected chi connectivity index (χ2v) is 9.92. The number of aromatic nitrogens is 1. The van der Waals surface area contributed by atoms with E-state index < -0.39 is 11.4 Å². The van der Waals surface area contributed by atoms with Gasteiger partial charge < -0.3 is 15.2 Å². The standard InChI is InChI=1S/C29H27BrN2O4/c1-18-26(21-15-20(30)13-14-23(21)32-27(18)19-9-5-4-6-10-19)28(35)31-17-29(2,16-25(33)34)22-11-7-8-12-24(22)36-3/h4-15H,16-17H2,1-3H3,(H,31,35)(H,33,34)/t29-/m0/s1. The Hall–Kier alpha value is -3.71. The van der Waals surface area contributed by atoms with Crippen molar-refractivity contribution in [2.75, 3.05) is 13.7 Å². The van der Waals surface area contributed by atoms with Gasteiger partial charge in [-0.15, -0.1) is 0 Å². The van der Waals surface area contributed by atoms with Gasteiger partial charge in [0, 0.05) is 32.9 Å². The van der Waals surface area contributed by atoms with Gasteiger partial charge in [-0.2, -0.15) is 0 Å². The Labute approximate surface area is 218 Å². The van der Waals surface area contributed by atoms with Gasteiger partial charge in [0.1, 0.15) is 5.75 Å². The Bertz CT molecular complexity index is 1440. The summed E-state index contributed by atoms with van der Waals surface area (Å²) in [5.74, 6) is -0.670. The van der Waals surface area contributed by atoms with E-state index in [0.29, 0.717) is 16.8 Å². The van der Waals surface area contributed by atoms with E-state index in [2.05, 4.69) is 21.2 Å². The van der Waals surface area contributed by atoms with E-state index in [1.165, 1.54) is 0 Å². The average Bonchev–Trinajstić information content (AvgIpc) is 2.87. The van der Waals surface area contributed by atoms with E-state index in [1.54, 1.807) is 13.2 Å². The Morgan fingerprint density at radius 2 is 1.75 bits per heavy atom. The highest BCUT2D eigenvalue weighted by Gasteiger charge is 2.33. The summed E-state index contributed by atoms with van der Waals surface area (Å²) < 4.78 is 6.34. The molecule has 0 saturated carbocycles. The molecule has 4 rings (SSSR count). The van der Waals surface area contributed by atoms with Crippen molar-refractivity contribution in [3.8, 4) is 17.0 Å². The molecule has 0 bridgehead atoms. The summed E-state index contributed by atoms with van der Waals surface area (Å²) in [6, 6.07) is 22.7. The number of nitrogens with zero attached hydrogens (tertiary/aromatic N) is 1. The van der Waals surface area contributed by atoms with Crippen LogP contribution in [0.4, 0.5) is 0 Å². The molecule has 1 heterocycles. The predicted molar refractivity (Wildman–Crippen MR) is 145 cm³/mol. The number of carbonyl (C=O) groups excluding carboxylic acids is 1. The monoisotopic (exact) mass is 546 g/mol. The Morgan fingerprint density at radius 3 is 2.44 bits per heavy atom. The fourth-order valence-corrected chi connectivity index (χ4v) is 4.96. The first-order valence-corrected chi connectivity index (χ1v) is 12.3. The predicted octanol–water partition coefficient (Wildman–Crippen LogP) is 6.14. The molecule has 0 saturated heterocycles. The maximum Gasteiger partial charge on any atom is 0.304 e. The summed E-state index contributed by atoms with van der Waals surface area (Å²) in [5.41, 5.74) is 3.44. The summed E-state index contributed by atoms with van der Waals surface area (Å²) in [6.07, 6.45) is -0.176. The molecule has 0 radical (unpaired) electrons. The van der Waals surface area contributed by atoms with Crippen molar-refractivity contribution >= 4 is 38.7 Å². The van der Waals surface area contributed by atoms with Crippen LogP contribution in [-0.4, -0.2) is 35.6 Å². The minimum Gasteiger partial charge on any atom is -0.496 e. The molecule has 7 heteroatoms. The molecule has 36 heavy (non-hydrogen) atoms. The van der Waals surface area contributed by atoms with Gasteiger partial charge in [0.2, 0.25) is 0 Å². The summed E-state index contributed by atoms with van der Waals surface area (Å²) >= 11 is 3.51. The molecule has 0 aliphatic heterocycles. The van der Waals surface area contributed by atoms with Crippen LogP contribution in [0, 0.1) is 6.92 Å². The number of fused-ring (bicyclic) bond motifs is 1. The number of para-hydroxylation sites is 1. The van der Waals surface area contributed by atoms with Gasteiger partial charge in [0.05, 0.1) is 30.3 Å². The van der Waals surface area contributed by atoms with Crippen molar-refractivity contribution in [3.05, 3.63) is 94.0 Å². The van der Waals surface area contributed by atoms with E-state index in [0.717, 1.165) is 32.2 Å². The number of ether oxygens (including phenoxy) is 1. The van der Waals surface area contributed by atoms with Gasteiger partial charge >= 0.3 is 5.97 Å². The Balaban J connectivity index is 1.78. The summed E-state index contributed by atoms with van der Waals surface area (Å²) in [4.78, 5) is 30.4. The molecule has 2 N–H and O–H groups in total. The van der Waals surface area contributed by atoms with E-state index in [-0.39, 0.29) is 18.9 Å².